The van der Waals surface area contributed by atoms with Crippen molar-refractivity contribution in [1.82, 2.24) is 10.7 Å². The molecule has 0 heterocycles. The van der Waals surface area contributed by atoms with Crippen molar-refractivity contribution in [3.63, 3.8) is 0 Å². The number of rotatable bonds is 11. The summed E-state index contributed by atoms with van der Waals surface area (Å²) in [5.41, 5.74) is 4.65. The Morgan fingerprint density at radius 2 is 1.76 bits per heavy atom. The first-order valence-corrected chi connectivity index (χ1v) is 13.0. The second-order valence-electron chi connectivity index (χ2n) is 8.47. The van der Waals surface area contributed by atoms with Crippen molar-refractivity contribution in [3.05, 3.63) is 92.9 Å². The molecule has 0 aliphatic rings. The summed E-state index contributed by atoms with van der Waals surface area (Å²) < 4.78 is 12.5. The van der Waals surface area contributed by atoms with Crippen LogP contribution in [0.5, 0.6) is 11.5 Å². The van der Waals surface area contributed by atoms with Crippen molar-refractivity contribution in [1.29, 1.82) is 0 Å². The van der Waals surface area contributed by atoms with Crippen LogP contribution >= 0.6 is 27.5 Å². The first-order chi connectivity index (χ1) is 17.8. The Morgan fingerprint density at radius 1 is 1.05 bits per heavy atom. The Morgan fingerprint density at radius 3 is 2.41 bits per heavy atom. The predicted molar refractivity (Wildman–Crippen MR) is 149 cm³/mol. The number of hydrogen-bond donors (Lipinski definition) is 2. The van der Waals surface area contributed by atoms with Gasteiger partial charge in [0, 0.05) is 10.6 Å². The van der Waals surface area contributed by atoms with Gasteiger partial charge in [-0.25, -0.2) is 5.43 Å². The van der Waals surface area contributed by atoms with E-state index in [4.69, 9.17) is 21.1 Å². The molecule has 2 N–H and O–H groups in total. The van der Waals surface area contributed by atoms with E-state index in [0.29, 0.717) is 45.3 Å². The highest BCUT2D eigenvalue weighted by Crippen LogP contribution is 2.37. The Labute approximate surface area is 230 Å². The van der Waals surface area contributed by atoms with Crippen molar-refractivity contribution < 1.29 is 19.1 Å². The number of nitrogens with one attached hydrogen (secondary N) is 2. The SMILES string of the molecule is CCOc1cc(C=NNC(=O)C(NC(=O)c2ccc(Cl)cc2)C(C)C)cc(Br)c1OCc1ccccc1. The molecule has 1 unspecified atom stereocenters. The molecule has 3 aromatic carbocycles. The molecule has 9 heteroatoms. The van der Waals surface area contributed by atoms with Gasteiger partial charge in [-0.3, -0.25) is 9.59 Å². The van der Waals surface area contributed by atoms with Crippen molar-refractivity contribution in [2.24, 2.45) is 11.0 Å². The summed E-state index contributed by atoms with van der Waals surface area (Å²) in [4.78, 5) is 25.4. The van der Waals surface area contributed by atoms with Gasteiger partial charge in [-0.15, -0.1) is 0 Å². The van der Waals surface area contributed by atoms with Gasteiger partial charge in [0.25, 0.3) is 11.8 Å². The molecular formula is C28H29BrClN3O4. The molecule has 0 aliphatic carbocycles. The van der Waals surface area contributed by atoms with Crippen LogP contribution in [0.15, 0.2) is 76.3 Å². The lowest BCUT2D eigenvalue weighted by Gasteiger charge is -2.20. The van der Waals surface area contributed by atoms with Gasteiger partial charge < -0.3 is 14.8 Å². The largest absolute Gasteiger partial charge is 0.490 e. The Hall–Kier alpha value is -3.36. The van der Waals surface area contributed by atoms with Crippen molar-refractivity contribution >= 4 is 45.6 Å². The highest BCUT2D eigenvalue weighted by atomic mass is 79.9. The molecular weight excluding hydrogens is 558 g/mol. The first-order valence-electron chi connectivity index (χ1n) is 11.8. The van der Waals surface area contributed by atoms with Crippen molar-refractivity contribution in [3.8, 4) is 11.5 Å². The molecule has 0 aliphatic heterocycles. The normalized spacial score (nSPS) is 11.8. The molecule has 2 amide bonds. The number of amides is 2. The zero-order valence-electron chi connectivity index (χ0n) is 20.8. The Kier molecular flexibility index (Phi) is 10.5. The first kappa shape index (κ1) is 28.2. The second kappa shape index (κ2) is 13.8. The van der Waals surface area contributed by atoms with Crippen LogP contribution in [-0.4, -0.2) is 30.7 Å². The number of halogens is 2. The molecule has 0 saturated carbocycles. The molecule has 3 aromatic rings. The van der Waals surface area contributed by atoms with Crippen LogP contribution in [0.2, 0.25) is 5.02 Å². The van der Waals surface area contributed by atoms with Crippen LogP contribution in [0, 0.1) is 5.92 Å². The summed E-state index contributed by atoms with van der Waals surface area (Å²) in [5.74, 6) is 0.171. The van der Waals surface area contributed by atoms with E-state index in [9.17, 15) is 9.59 Å². The van der Waals surface area contributed by atoms with Gasteiger partial charge in [-0.1, -0.05) is 55.8 Å². The maximum Gasteiger partial charge on any atom is 0.262 e. The van der Waals surface area contributed by atoms with Gasteiger partial charge in [-0.05, 0) is 76.3 Å². The zero-order valence-corrected chi connectivity index (χ0v) is 23.2. The standard InChI is InChI=1S/C28H29BrClN3O4/c1-4-36-24-15-20(14-23(29)26(24)37-17-19-8-6-5-7-9-19)16-31-33-28(35)25(18(2)3)32-27(34)21-10-12-22(30)13-11-21/h5-16,18,25H,4,17H2,1-3H3,(H,32,34)(H,33,35). The van der Waals surface area contributed by atoms with Crippen LogP contribution < -0.4 is 20.2 Å². The number of hydrazone groups is 1. The lowest BCUT2D eigenvalue weighted by Crippen LogP contribution is -2.48. The average molecular weight is 587 g/mol. The summed E-state index contributed by atoms with van der Waals surface area (Å²) >= 11 is 9.44. The number of carbonyl (C=O) groups excluding carboxylic acids is 2. The van der Waals surface area contributed by atoms with Gasteiger partial charge in [0.2, 0.25) is 0 Å². The molecule has 3 rings (SSSR count). The lowest BCUT2D eigenvalue weighted by atomic mass is 10.0. The fourth-order valence-electron chi connectivity index (χ4n) is 3.40. The average Bonchev–Trinajstić information content (AvgIpc) is 2.87. The van der Waals surface area contributed by atoms with Gasteiger partial charge in [-0.2, -0.15) is 5.10 Å². The number of ether oxygens (including phenoxy) is 2. The molecule has 1 atom stereocenters. The Balaban J connectivity index is 1.67. The summed E-state index contributed by atoms with van der Waals surface area (Å²) in [6.45, 7) is 6.42. The lowest BCUT2D eigenvalue weighted by molar-refractivity contribution is -0.123. The van der Waals surface area contributed by atoms with Gasteiger partial charge >= 0.3 is 0 Å². The smallest absolute Gasteiger partial charge is 0.262 e. The molecule has 37 heavy (non-hydrogen) atoms. The number of carbonyl (C=O) groups is 2. The van der Waals surface area contributed by atoms with E-state index in [0.717, 1.165) is 5.56 Å². The second-order valence-corrected chi connectivity index (χ2v) is 9.76. The van der Waals surface area contributed by atoms with Crippen LogP contribution in [-0.2, 0) is 11.4 Å². The van der Waals surface area contributed by atoms with E-state index in [2.05, 4.69) is 31.8 Å². The maximum atomic E-state index is 12.8. The van der Waals surface area contributed by atoms with Gasteiger partial charge in [0.1, 0.15) is 12.6 Å². The fraction of sp³-hybridized carbons (Fsp3) is 0.250. The number of benzene rings is 3. The molecule has 194 valence electrons. The third-order valence-corrected chi connectivity index (χ3v) is 6.13. The van der Waals surface area contributed by atoms with E-state index in [-0.39, 0.29) is 11.8 Å². The number of nitrogens with zero attached hydrogens (tertiary/aromatic N) is 1. The quantitative estimate of drug-likeness (QED) is 0.214. The van der Waals surface area contributed by atoms with Gasteiger partial charge in [0.15, 0.2) is 11.5 Å². The topological polar surface area (TPSA) is 89.0 Å². The summed E-state index contributed by atoms with van der Waals surface area (Å²) in [5, 5.41) is 7.38. The van der Waals surface area contributed by atoms with Crippen LogP contribution in [0.1, 0.15) is 42.3 Å². The molecule has 7 nitrogen and oxygen atoms in total. The molecule has 0 radical (unpaired) electrons. The van der Waals surface area contributed by atoms with Crippen LogP contribution in [0.3, 0.4) is 0 Å². The van der Waals surface area contributed by atoms with E-state index >= 15 is 0 Å². The monoisotopic (exact) mass is 585 g/mol. The minimum absolute atomic E-state index is 0.161. The van der Waals surface area contributed by atoms with E-state index in [1.165, 1.54) is 6.21 Å². The molecule has 0 aromatic heterocycles. The summed E-state index contributed by atoms with van der Waals surface area (Å²) in [7, 11) is 0. The highest BCUT2D eigenvalue weighted by Gasteiger charge is 2.24. The minimum Gasteiger partial charge on any atom is -0.490 e. The summed E-state index contributed by atoms with van der Waals surface area (Å²) in [6, 6.07) is 19.1. The van der Waals surface area contributed by atoms with Crippen molar-refractivity contribution in [2.75, 3.05) is 6.61 Å². The predicted octanol–water partition coefficient (Wildman–Crippen LogP) is 5.98. The van der Waals surface area contributed by atoms with Crippen LogP contribution in [0.4, 0.5) is 0 Å². The van der Waals surface area contributed by atoms with E-state index in [1.54, 1.807) is 30.3 Å². The Bertz CT molecular complexity index is 1230. The maximum absolute atomic E-state index is 12.8. The van der Waals surface area contributed by atoms with Crippen molar-refractivity contribution in [2.45, 2.75) is 33.4 Å². The zero-order chi connectivity index (χ0) is 26.8. The molecule has 0 fully saturated rings. The number of hydrogen-bond acceptors (Lipinski definition) is 5. The van der Waals surface area contributed by atoms with Gasteiger partial charge in [0.05, 0.1) is 17.3 Å². The van der Waals surface area contributed by atoms with E-state index < -0.39 is 11.9 Å². The molecule has 0 saturated heterocycles. The third kappa shape index (κ3) is 8.33. The minimum atomic E-state index is -0.778. The van der Waals surface area contributed by atoms with E-state index in [1.807, 2.05) is 57.2 Å². The third-order valence-electron chi connectivity index (χ3n) is 5.29. The fourth-order valence-corrected chi connectivity index (χ4v) is 4.10. The van der Waals surface area contributed by atoms with Crippen LogP contribution in [0.25, 0.3) is 0 Å². The molecule has 0 bridgehead atoms. The highest BCUT2D eigenvalue weighted by molar-refractivity contribution is 9.10. The molecule has 0 spiro atoms. The summed E-state index contributed by atoms with van der Waals surface area (Å²) in [6.07, 6.45) is 1.50.